The fraction of sp³-hybridized carbons (Fsp3) is 0.0171. The normalized spacial score (nSPS) is 13.2. The monoisotopic (exact) mass is 1610 g/mol. The molecule has 0 amide bonds. The lowest BCUT2D eigenvalue weighted by atomic mass is 9.66. The van der Waals surface area contributed by atoms with Gasteiger partial charge in [0.05, 0.1) is 44.3 Å². The summed E-state index contributed by atoms with van der Waals surface area (Å²) in [4.78, 5) is 26.4. The Morgan fingerprint density at radius 1 is 0.183 bits per heavy atom. The number of hydrogen-bond acceptors (Lipinski definition) is 7. The Kier molecular flexibility index (Phi) is 15.7. The first kappa shape index (κ1) is 71.0. The van der Waals surface area contributed by atoms with Crippen LogP contribution in [0.5, 0.6) is 23.0 Å². The predicted molar refractivity (Wildman–Crippen MR) is 508 cm³/mol. The van der Waals surface area contributed by atoms with E-state index in [1.165, 1.54) is 44.5 Å². The van der Waals surface area contributed by atoms with Crippen molar-refractivity contribution in [1.82, 2.24) is 34.1 Å². The maximum absolute atomic E-state index is 6.76. The number of fused-ring (bicyclic) bond motifs is 24. The Hall–Kier alpha value is -16.8. The van der Waals surface area contributed by atoms with Gasteiger partial charge >= 0.3 is 0 Å². The first-order valence-electron chi connectivity index (χ1n) is 42.9. The van der Waals surface area contributed by atoms with Gasteiger partial charge in [0.15, 0.2) is 23.3 Å². The second kappa shape index (κ2) is 27.9. The molecular weight excluding hydrogens is 1540 g/mol. The van der Waals surface area contributed by atoms with Crippen molar-refractivity contribution in [2.45, 2.75) is 10.8 Å². The summed E-state index contributed by atoms with van der Waals surface area (Å²) < 4.78 is 18.3. The number of para-hydroxylation sites is 5. The van der Waals surface area contributed by atoms with Crippen LogP contribution in [0, 0.1) is 0 Å². The third kappa shape index (κ3) is 10.7. The van der Waals surface area contributed by atoms with Crippen molar-refractivity contribution in [3.63, 3.8) is 0 Å². The minimum Gasteiger partial charge on any atom is -0.457 e. The van der Waals surface area contributed by atoms with E-state index in [0.29, 0.717) is 23.3 Å². The minimum atomic E-state index is -0.617. The van der Waals surface area contributed by atoms with E-state index in [9.17, 15) is 0 Å². The van der Waals surface area contributed by atoms with Gasteiger partial charge < -0.3 is 18.6 Å². The van der Waals surface area contributed by atoms with Crippen molar-refractivity contribution in [3.8, 4) is 158 Å². The fourth-order valence-electron chi connectivity index (χ4n) is 21.0. The Morgan fingerprint density at radius 2 is 0.508 bits per heavy atom. The van der Waals surface area contributed by atoms with Crippen LogP contribution in [0.25, 0.3) is 179 Å². The van der Waals surface area contributed by atoms with Crippen molar-refractivity contribution in [1.29, 1.82) is 0 Å². The summed E-state index contributed by atoms with van der Waals surface area (Å²) in [6.07, 6.45) is 0. The smallest absolute Gasteiger partial charge is 0.164 e. The van der Waals surface area contributed by atoms with E-state index in [4.69, 9.17) is 34.4 Å². The first-order chi connectivity index (χ1) is 62.4. The molecule has 4 aliphatic rings. The van der Waals surface area contributed by atoms with Crippen molar-refractivity contribution >= 4 is 43.6 Å². The van der Waals surface area contributed by atoms with Crippen LogP contribution in [-0.4, -0.2) is 34.1 Å². The number of benzene rings is 18. The van der Waals surface area contributed by atoms with Gasteiger partial charge in [-0.1, -0.05) is 315 Å². The van der Waals surface area contributed by atoms with Crippen LogP contribution in [-0.2, 0) is 10.8 Å². The van der Waals surface area contributed by atoms with Crippen LogP contribution in [0.2, 0.25) is 0 Å². The molecule has 22 aromatic rings. The highest BCUT2D eigenvalue weighted by Gasteiger charge is 2.53. The van der Waals surface area contributed by atoms with E-state index in [0.717, 1.165) is 178 Å². The van der Waals surface area contributed by atoms with Crippen LogP contribution >= 0.6 is 0 Å². The van der Waals surface area contributed by atoms with E-state index in [1.807, 2.05) is 42.5 Å². The molecule has 2 aliphatic heterocycles. The van der Waals surface area contributed by atoms with E-state index >= 15 is 0 Å². The molecule has 2 aliphatic carbocycles. The summed E-state index contributed by atoms with van der Waals surface area (Å²) in [6, 6.07) is 155. The highest BCUT2D eigenvalue weighted by Crippen LogP contribution is 2.65. The van der Waals surface area contributed by atoms with Gasteiger partial charge in [-0.2, -0.15) is 0 Å². The standard InChI is InChI=1S/C117H71N7O2/c1-5-26-75(27-6-1)112-118-101(71-102(119-112)81-57-64-105-91(68-81)89-66-78(55-62-103(89)123(105)83-32-11-4-12-33-83)79-54-61-87-86-34-13-15-37-93(86)117(100(87)70-79)97-41-19-23-46-109(97)126-110-47-24-20-42-98(110)117)74-50-48-72(49-51-74)73-52-59-84(60-53-73)124-104-63-56-80(67-90(104)92-69-82(58-65-106(92)124)115-121-113(76-28-7-2-8-29-76)120-114(122-115)77-30-9-3-10-31-77)85-36-25-43-99-111(85)88-35-14-16-38-94(88)116(99)95-39-17-21-44-107(95)125-108-45-22-18-40-96(108)116/h1-71H. The predicted octanol–water partition coefficient (Wildman–Crippen LogP) is 28.8. The number of aromatic nitrogens is 7. The topological polar surface area (TPSA) is 92.8 Å². The molecule has 6 heterocycles. The molecule has 2 spiro atoms. The van der Waals surface area contributed by atoms with Crippen molar-refractivity contribution < 1.29 is 9.47 Å². The van der Waals surface area contributed by atoms with Crippen molar-refractivity contribution in [2.75, 3.05) is 0 Å². The summed E-state index contributed by atoms with van der Waals surface area (Å²) in [5.74, 6) is 5.94. The molecule has 0 unspecified atom stereocenters. The molecule has 586 valence electrons. The lowest BCUT2D eigenvalue weighted by molar-refractivity contribution is 0.436. The van der Waals surface area contributed by atoms with Crippen molar-refractivity contribution in [2.24, 2.45) is 0 Å². The third-order valence-electron chi connectivity index (χ3n) is 26.6. The number of hydrogen-bond donors (Lipinski definition) is 0. The summed E-state index contributed by atoms with van der Waals surface area (Å²) in [5.41, 5.74) is 33.6. The van der Waals surface area contributed by atoms with Crippen molar-refractivity contribution in [3.05, 3.63) is 475 Å². The highest BCUT2D eigenvalue weighted by molar-refractivity contribution is 6.14. The highest BCUT2D eigenvalue weighted by atomic mass is 16.5. The van der Waals surface area contributed by atoms with Gasteiger partial charge in [-0.25, -0.2) is 24.9 Å². The summed E-state index contributed by atoms with van der Waals surface area (Å²) >= 11 is 0. The average Bonchev–Trinajstić information content (AvgIpc) is 1.51. The zero-order chi connectivity index (χ0) is 82.7. The average molecular weight is 1610 g/mol. The second-order valence-electron chi connectivity index (χ2n) is 33.2. The molecular formula is C117H71N7O2. The SMILES string of the molecule is c1ccc(-c2nc(-c3ccc(-c4ccc(-n5c6ccc(-c7nc(-c8ccccc8)nc(-c8ccccc8)n7)cc6c6cc(-c7cccc8c7-c7ccccc7C87c8ccccc8Oc8ccccc87)ccc65)cc4)cc3)cc(-c3ccc4c(c3)c3cc(-c5ccc6c(c5)C5(c7ccccc7Oc7ccccc75)c5ccccc5-6)ccc3n4-c3ccccc3)n2)cc1. The Morgan fingerprint density at radius 3 is 1.04 bits per heavy atom. The van der Waals surface area contributed by atoms with Crippen LogP contribution < -0.4 is 9.47 Å². The van der Waals surface area contributed by atoms with E-state index in [2.05, 4.69) is 397 Å². The largest absolute Gasteiger partial charge is 0.457 e. The van der Waals surface area contributed by atoms with E-state index in [1.54, 1.807) is 0 Å². The molecule has 0 fully saturated rings. The van der Waals surface area contributed by atoms with Crippen LogP contribution in [0.15, 0.2) is 431 Å². The third-order valence-corrected chi connectivity index (χ3v) is 26.6. The summed E-state index contributed by atoms with van der Waals surface area (Å²) in [5, 5.41) is 4.43. The summed E-state index contributed by atoms with van der Waals surface area (Å²) in [7, 11) is 0. The Labute approximate surface area is 726 Å². The van der Waals surface area contributed by atoms with E-state index in [-0.39, 0.29) is 0 Å². The molecule has 0 radical (unpaired) electrons. The fourth-order valence-corrected chi connectivity index (χ4v) is 21.0. The number of nitrogens with zero attached hydrogens (tertiary/aromatic N) is 7. The van der Waals surface area contributed by atoms with Gasteiger partial charge in [-0.05, 0) is 193 Å². The van der Waals surface area contributed by atoms with Gasteiger partial charge in [-0.3, -0.25) is 0 Å². The van der Waals surface area contributed by atoms with E-state index < -0.39 is 10.8 Å². The first-order valence-corrected chi connectivity index (χ1v) is 42.9. The molecule has 126 heavy (non-hydrogen) atoms. The maximum atomic E-state index is 6.76. The Bertz CT molecular complexity index is 8120. The zero-order valence-corrected chi connectivity index (χ0v) is 67.9. The molecule has 4 aromatic heterocycles. The zero-order valence-electron chi connectivity index (χ0n) is 67.9. The Balaban J connectivity index is 0.578. The molecule has 0 atom stereocenters. The molecule has 0 N–H and O–H groups in total. The molecule has 0 saturated heterocycles. The molecule has 0 bridgehead atoms. The van der Waals surface area contributed by atoms with Gasteiger partial charge in [0.1, 0.15) is 23.0 Å². The maximum Gasteiger partial charge on any atom is 0.164 e. The molecule has 18 aromatic carbocycles. The molecule has 9 heteroatoms. The second-order valence-corrected chi connectivity index (χ2v) is 33.2. The van der Waals surface area contributed by atoms with Gasteiger partial charge in [-0.15, -0.1) is 0 Å². The lowest BCUT2D eigenvalue weighted by Gasteiger charge is -2.39. The van der Waals surface area contributed by atoms with Gasteiger partial charge in [0, 0.05) is 88.6 Å². The van der Waals surface area contributed by atoms with Crippen LogP contribution in [0.4, 0.5) is 0 Å². The molecule has 9 nitrogen and oxygen atoms in total. The van der Waals surface area contributed by atoms with Gasteiger partial charge in [0.25, 0.3) is 0 Å². The van der Waals surface area contributed by atoms with Crippen LogP contribution in [0.1, 0.15) is 44.5 Å². The number of ether oxygens (including phenoxy) is 2. The van der Waals surface area contributed by atoms with Gasteiger partial charge in [0.2, 0.25) is 0 Å². The van der Waals surface area contributed by atoms with Crippen LogP contribution in [0.3, 0.4) is 0 Å². The molecule has 0 saturated carbocycles. The number of rotatable bonds is 11. The minimum absolute atomic E-state index is 0.590. The summed E-state index contributed by atoms with van der Waals surface area (Å²) in [6.45, 7) is 0. The molecule has 26 rings (SSSR count). The lowest BCUT2D eigenvalue weighted by Crippen LogP contribution is -2.32. The quantitative estimate of drug-likeness (QED) is 0.127.